The number of hydrogen-bond acceptors (Lipinski definition) is 8. The Labute approximate surface area is 208 Å². The van der Waals surface area contributed by atoms with E-state index >= 15 is 0 Å². The van der Waals surface area contributed by atoms with Gasteiger partial charge in [0, 0.05) is 23.6 Å². The summed E-state index contributed by atoms with van der Waals surface area (Å²) >= 11 is 0. The third-order valence-corrected chi connectivity index (χ3v) is 8.23. The quantitative estimate of drug-likeness (QED) is 0.219. The van der Waals surface area contributed by atoms with Crippen molar-refractivity contribution in [3.63, 3.8) is 0 Å². The van der Waals surface area contributed by atoms with Crippen molar-refractivity contribution in [2.75, 3.05) is 10.6 Å². The van der Waals surface area contributed by atoms with Crippen LogP contribution in [-0.2, 0) is 31.4 Å². The smallest absolute Gasteiger partial charge is 0.240 e. The molecule has 0 atom stereocenters. The topological polar surface area (TPSA) is 170 Å². The fourth-order valence-corrected chi connectivity index (χ4v) is 5.99. The van der Waals surface area contributed by atoms with E-state index in [1.165, 1.54) is 12.4 Å². The SMILES string of the molecule is Cc1ccc(NS(=O)(=O)Cc2nnc(CS(=O)(=O)c3c[nH]cc3C(=O)c3ccc(C)cc3)n2N)cc1. The fourth-order valence-electron chi connectivity index (χ4n) is 3.46. The number of nitrogen functional groups attached to an aromatic ring is 1. The van der Waals surface area contributed by atoms with Gasteiger partial charge in [0.05, 0.1) is 10.5 Å². The lowest BCUT2D eigenvalue weighted by Crippen LogP contribution is -2.23. The lowest BCUT2D eigenvalue weighted by molar-refractivity contribution is 0.103. The molecule has 2 aromatic carbocycles. The van der Waals surface area contributed by atoms with Crippen LogP contribution < -0.4 is 10.6 Å². The molecular formula is C23H24N6O5S2. The average Bonchev–Trinajstić information content (AvgIpc) is 3.44. The van der Waals surface area contributed by atoms with Gasteiger partial charge in [-0.1, -0.05) is 47.5 Å². The van der Waals surface area contributed by atoms with E-state index in [-0.39, 0.29) is 22.1 Å². The minimum atomic E-state index is -4.09. The van der Waals surface area contributed by atoms with Gasteiger partial charge in [-0.2, -0.15) is 0 Å². The molecule has 4 rings (SSSR count). The molecule has 2 heterocycles. The van der Waals surface area contributed by atoms with Gasteiger partial charge in [-0.25, -0.2) is 21.5 Å². The van der Waals surface area contributed by atoms with E-state index < -0.39 is 37.1 Å². The van der Waals surface area contributed by atoms with Crippen molar-refractivity contribution in [2.24, 2.45) is 0 Å². The number of rotatable bonds is 9. The van der Waals surface area contributed by atoms with Crippen LogP contribution in [0.3, 0.4) is 0 Å². The van der Waals surface area contributed by atoms with E-state index in [0.29, 0.717) is 11.3 Å². The van der Waals surface area contributed by atoms with Crippen molar-refractivity contribution >= 4 is 31.3 Å². The second kappa shape index (κ2) is 9.59. The molecule has 36 heavy (non-hydrogen) atoms. The molecule has 4 N–H and O–H groups in total. The van der Waals surface area contributed by atoms with Gasteiger partial charge in [0.15, 0.2) is 27.3 Å². The van der Waals surface area contributed by atoms with Crippen LogP contribution in [0.1, 0.15) is 38.7 Å². The maximum Gasteiger partial charge on any atom is 0.240 e. The van der Waals surface area contributed by atoms with Gasteiger partial charge in [0.1, 0.15) is 11.5 Å². The zero-order chi connectivity index (χ0) is 26.1. The Morgan fingerprint density at radius 3 is 2.06 bits per heavy atom. The van der Waals surface area contributed by atoms with Crippen LogP contribution in [0.2, 0.25) is 0 Å². The number of nitrogens with one attached hydrogen (secondary N) is 2. The van der Waals surface area contributed by atoms with Gasteiger partial charge in [-0.15, -0.1) is 10.2 Å². The van der Waals surface area contributed by atoms with Crippen LogP contribution in [0, 0.1) is 13.8 Å². The van der Waals surface area contributed by atoms with E-state index in [0.717, 1.165) is 15.8 Å². The highest BCUT2D eigenvalue weighted by molar-refractivity contribution is 7.92. The summed E-state index contributed by atoms with van der Waals surface area (Å²) in [6.07, 6.45) is 2.53. The zero-order valence-electron chi connectivity index (χ0n) is 19.5. The highest BCUT2D eigenvalue weighted by Gasteiger charge is 2.28. The van der Waals surface area contributed by atoms with Crippen LogP contribution in [-0.4, -0.2) is 42.5 Å². The van der Waals surface area contributed by atoms with Gasteiger partial charge in [0.25, 0.3) is 0 Å². The number of hydrogen-bond donors (Lipinski definition) is 3. The standard InChI is InChI=1S/C23H24N6O5S2/c1-15-3-7-17(8-4-15)23(30)19-11-25-12-20(19)35(31,32)13-21-26-27-22(29(21)24)14-36(33,34)28-18-9-5-16(2)6-10-18/h3-12,25,28H,13-14,24H2,1-2H3. The molecule has 0 aliphatic rings. The number of carbonyl (C=O) groups is 1. The van der Waals surface area contributed by atoms with E-state index in [1.54, 1.807) is 48.5 Å². The number of nitrogens with two attached hydrogens (primary N) is 1. The predicted octanol–water partition coefficient (Wildman–Crippen LogP) is 2.08. The molecule has 0 amide bonds. The monoisotopic (exact) mass is 528 g/mol. The molecular weight excluding hydrogens is 504 g/mol. The van der Waals surface area contributed by atoms with Crippen molar-refractivity contribution in [2.45, 2.75) is 30.2 Å². The largest absolute Gasteiger partial charge is 0.366 e. The number of ketones is 1. The van der Waals surface area contributed by atoms with E-state index in [4.69, 9.17) is 5.84 Å². The third kappa shape index (κ3) is 5.47. The number of sulfone groups is 1. The molecule has 11 nitrogen and oxygen atoms in total. The lowest BCUT2D eigenvalue weighted by Gasteiger charge is -2.09. The predicted molar refractivity (Wildman–Crippen MR) is 134 cm³/mol. The Bertz CT molecular complexity index is 1620. The maximum atomic E-state index is 13.1. The molecule has 13 heteroatoms. The van der Waals surface area contributed by atoms with Crippen LogP contribution in [0.4, 0.5) is 5.69 Å². The zero-order valence-corrected chi connectivity index (χ0v) is 21.1. The summed E-state index contributed by atoms with van der Waals surface area (Å²) in [5.74, 6) is 3.86. The van der Waals surface area contributed by atoms with Crippen molar-refractivity contribution < 1.29 is 21.6 Å². The molecule has 2 aromatic heterocycles. The highest BCUT2D eigenvalue weighted by atomic mass is 32.2. The Morgan fingerprint density at radius 2 is 1.44 bits per heavy atom. The molecule has 0 aliphatic heterocycles. The Balaban J connectivity index is 1.53. The summed E-state index contributed by atoms with van der Waals surface area (Å²) in [6, 6.07) is 13.5. The summed E-state index contributed by atoms with van der Waals surface area (Å²) in [4.78, 5) is 15.4. The lowest BCUT2D eigenvalue weighted by atomic mass is 10.0. The molecule has 188 valence electrons. The van der Waals surface area contributed by atoms with Gasteiger partial charge in [-0.3, -0.25) is 9.52 Å². The Morgan fingerprint density at radius 1 is 0.889 bits per heavy atom. The first-order chi connectivity index (χ1) is 16.9. The van der Waals surface area contributed by atoms with Crippen molar-refractivity contribution in [3.8, 4) is 0 Å². The fraction of sp³-hybridized carbons (Fsp3) is 0.174. The van der Waals surface area contributed by atoms with E-state index in [2.05, 4.69) is 19.9 Å². The molecule has 0 spiro atoms. The summed E-state index contributed by atoms with van der Waals surface area (Å²) in [5, 5.41) is 7.54. The molecule has 0 radical (unpaired) electrons. The molecule has 0 unspecified atom stereocenters. The number of aryl methyl sites for hydroxylation is 2. The Hall–Kier alpha value is -3.97. The molecule has 0 saturated carbocycles. The van der Waals surface area contributed by atoms with E-state index in [9.17, 15) is 21.6 Å². The molecule has 0 aliphatic carbocycles. The second-order valence-corrected chi connectivity index (χ2v) is 12.0. The van der Waals surface area contributed by atoms with Crippen LogP contribution >= 0.6 is 0 Å². The summed E-state index contributed by atoms with van der Waals surface area (Å²) in [6.45, 7) is 3.75. The van der Waals surface area contributed by atoms with Crippen molar-refractivity contribution in [1.82, 2.24) is 19.9 Å². The van der Waals surface area contributed by atoms with Gasteiger partial charge < -0.3 is 10.8 Å². The number of carbonyl (C=O) groups excluding carboxylic acids is 1. The normalized spacial score (nSPS) is 11.9. The molecule has 4 aromatic rings. The van der Waals surface area contributed by atoms with Crippen LogP contribution in [0.5, 0.6) is 0 Å². The molecule has 0 saturated heterocycles. The maximum absolute atomic E-state index is 13.1. The Kier molecular flexibility index (Phi) is 6.69. The molecule has 0 fully saturated rings. The number of benzene rings is 2. The highest BCUT2D eigenvalue weighted by Crippen LogP contribution is 2.23. The number of H-pyrrole nitrogens is 1. The average molecular weight is 529 g/mol. The van der Waals surface area contributed by atoms with Gasteiger partial charge in [-0.05, 0) is 26.0 Å². The number of aromatic amines is 1. The number of aromatic nitrogens is 4. The van der Waals surface area contributed by atoms with Gasteiger partial charge >= 0.3 is 0 Å². The first-order valence-electron chi connectivity index (χ1n) is 10.7. The minimum Gasteiger partial charge on any atom is -0.366 e. The summed E-state index contributed by atoms with van der Waals surface area (Å²) in [7, 11) is -7.99. The van der Waals surface area contributed by atoms with Gasteiger partial charge in [0.2, 0.25) is 10.0 Å². The van der Waals surface area contributed by atoms with E-state index in [1.807, 2.05) is 13.8 Å². The summed E-state index contributed by atoms with van der Waals surface area (Å²) < 4.78 is 54.7. The first kappa shape index (κ1) is 25.1. The number of nitrogens with zero attached hydrogens (tertiary/aromatic N) is 3. The molecule has 0 bridgehead atoms. The van der Waals surface area contributed by atoms with Crippen molar-refractivity contribution in [3.05, 3.63) is 94.8 Å². The van der Waals surface area contributed by atoms with Crippen LogP contribution in [0.25, 0.3) is 0 Å². The van der Waals surface area contributed by atoms with Crippen molar-refractivity contribution in [1.29, 1.82) is 0 Å². The number of sulfonamides is 1. The summed E-state index contributed by atoms with van der Waals surface area (Å²) in [5.41, 5.74) is 2.61. The number of anilines is 1. The third-order valence-electron chi connectivity index (χ3n) is 5.40. The van der Waals surface area contributed by atoms with Crippen LogP contribution in [0.15, 0.2) is 65.8 Å². The second-order valence-electron chi connectivity index (χ2n) is 8.32. The first-order valence-corrected chi connectivity index (χ1v) is 14.0. The minimum absolute atomic E-state index is 0.0213.